The number of aromatic amines is 1. The molecule has 1 heterocycles. The molecule has 5 heteroatoms. The van der Waals surface area contributed by atoms with Gasteiger partial charge in [-0.15, -0.1) is 0 Å². The van der Waals surface area contributed by atoms with Crippen molar-refractivity contribution in [1.29, 1.82) is 0 Å². The molecule has 0 saturated heterocycles. The molecule has 2 N–H and O–H groups in total. The van der Waals surface area contributed by atoms with Crippen LogP contribution in [0.5, 0.6) is 11.5 Å². The third-order valence-corrected chi connectivity index (χ3v) is 6.67. The van der Waals surface area contributed by atoms with Gasteiger partial charge in [0.15, 0.2) is 17.7 Å². The SMILES string of the molecule is CC(=O)OCCOc1ccc2cc3c4c(cc5c6ccccc6c[nH+]c35)CCCc4c2c1O. The molecule has 5 aromatic rings. The topological polar surface area (TPSA) is 69.9 Å². The minimum atomic E-state index is -0.346. The summed E-state index contributed by atoms with van der Waals surface area (Å²) in [6, 6.07) is 16.8. The fourth-order valence-corrected chi connectivity index (χ4v) is 5.31. The van der Waals surface area contributed by atoms with Crippen LogP contribution < -0.4 is 9.72 Å². The highest BCUT2D eigenvalue weighted by Gasteiger charge is 2.24. The lowest BCUT2D eigenvalue weighted by molar-refractivity contribution is -0.341. The maximum atomic E-state index is 11.2. The van der Waals surface area contributed by atoms with Gasteiger partial charge in [0.05, 0.1) is 10.8 Å². The molecule has 164 valence electrons. The molecule has 1 aromatic heterocycles. The number of esters is 1. The molecule has 1 aliphatic carbocycles. The Labute approximate surface area is 190 Å². The van der Waals surface area contributed by atoms with E-state index in [9.17, 15) is 9.90 Å². The fraction of sp³-hybridized carbons (Fsp3) is 0.214. The van der Waals surface area contributed by atoms with Crippen molar-refractivity contribution in [1.82, 2.24) is 0 Å². The summed E-state index contributed by atoms with van der Waals surface area (Å²) in [6.45, 7) is 1.71. The molecule has 0 fully saturated rings. The third-order valence-electron chi connectivity index (χ3n) is 6.67. The number of hydrogen-bond donors (Lipinski definition) is 1. The second kappa shape index (κ2) is 7.62. The first-order valence-electron chi connectivity index (χ1n) is 11.3. The third kappa shape index (κ3) is 3.15. The molecule has 1 aliphatic rings. The highest BCUT2D eigenvalue weighted by molar-refractivity contribution is 6.19. The van der Waals surface area contributed by atoms with Gasteiger partial charge in [0, 0.05) is 23.1 Å². The number of phenolic OH excluding ortho intramolecular Hbond substituents is 1. The van der Waals surface area contributed by atoms with Crippen LogP contribution in [0, 0.1) is 0 Å². The van der Waals surface area contributed by atoms with Gasteiger partial charge in [0.2, 0.25) is 5.52 Å². The average Bonchev–Trinajstić information content (AvgIpc) is 2.83. The predicted molar refractivity (Wildman–Crippen MR) is 129 cm³/mol. The second-order valence-electron chi connectivity index (χ2n) is 8.66. The molecule has 0 aliphatic heterocycles. The summed E-state index contributed by atoms with van der Waals surface area (Å²) in [4.78, 5) is 14.5. The average molecular weight is 439 g/mol. The smallest absolute Gasteiger partial charge is 0.302 e. The highest BCUT2D eigenvalue weighted by atomic mass is 16.6. The molecule has 0 saturated carbocycles. The van der Waals surface area contributed by atoms with Crippen LogP contribution in [-0.2, 0) is 22.4 Å². The number of nitrogens with one attached hydrogen (secondary N) is 1. The zero-order valence-electron chi connectivity index (χ0n) is 18.4. The number of rotatable bonds is 4. The minimum Gasteiger partial charge on any atom is -0.504 e. The summed E-state index contributed by atoms with van der Waals surface area (Å²) in [5.41, 5.74) is 3.62. The summed E-state index contributed by atoms with van der Waals surface area (Å²) < 4.78 is 10.7. The number of fused-ring (bicyclic) bond motifs is 6. The Bertz CT molecular complexity index is 1590. The number of ether oxygens (including phenoxy) is 2. The predicted octanol–water partition coefficient (Wildman–Crippen LogP) is 5.25. The van der Waals surface area contributed by atoms with Crippen LogP contribution in [0.3, 0.4) is 0 Å². The monoisotopic (exact) mass is 438 g/mol. The molecular weight excluding hydrogens is 414 g/mol. The number of carbonyl (C=O) groups excluding carboxylic acids is 1. The van der Waals surface area contributed by atoms with E-state index in [1.54, 1.807) is 6.07 Å². The first-order chi connectivity index (χ1) is 16.1. The number of aryl methyl sites for hydroxylation is 2. The van der Waals surface area contributed by atoms with E-state index in [2.05, 4.69) is 47.6 Å². The van der Waals surface area contributed by atoms with E-state index in [4.69, 9.17) is 9.47 Å². The lowest BCUT2D eigenvalue weighted by Gasteiger charge is -2.21. The van der Waals surface area contributed by atoms with Gasteiger partial charge in [0.1, 0.15) is 13.2 Å². The van der Waals surface area contributed by atoms with E-state index in [1.807, 2.05) is 6.07 Å². The fourth-order valence-electron chi connectivity index (χ4n) is 5.31. The van der Waals surface area contributed by atoms with Crippen molar-refractivity contribution in [2.75, 3.05) is 13.2 Å². The number of H-pyrrole nitrogens is 1. The zero-order valence-corrected chi connectivity index (χ0v) is 18.4. The van der Waals surface area contributed by atoms with E-state index >= 15 is 0 Å². The Morgan fingerprint density at radius 3 is 2.73 bits per heavy atom. The molecule has 6 rings (SSSR count). The molecule has 0 amide bonds. The van der Waals surface area contributed by atoms with Gasteiger partial charge in [-0.2, -0.15) is 0 Å². The lowest BCUT2D eigenvalue weighted by Crippen LogP contribution is -2.10. The standard InChI is InChI=1S/C28H23NO4/c1-16(30)32-11-12-33-24-10-9-18-14-23-25-17(6-4-8-21(25)26(18)28(24)31)13-22-20-7-3-2-5-19(20)15-29-27(22)23/h2-3,5,7,9-10,13-15,31H,4,6,8,11-12H2,1H3/p+1. The van der Waals surface area contributed by atoms with Crippen LogP contribution in [0.4, 0.5) is 0 Å². The van der Waals surface area contributed by atoms with Crippen LogP contribution >= 0.6 is 0 Å². The quantitative estimate of drug-likeness (QED) is 0.180. The summed E-state index contributed by atoms with van der Waals surface area (Å²) in [6.07, 6.45) is 5.04. The van der Waals surface area contributed by atoms with Crippen LogP contribution in [-0.4, -0.2) is 24.3 Å². The van der Waals surface area contributed by atoms with Crippen molar-refractivity contribution >= 4 is 49.2 Å². The van der Waals surface area contributed by atoms with E-state index in [1.165, 1.54) is 45.0 Å². The van der Waals surface area contributed by atoms with Crippen molar-refractivity contribution in [3.63, 3.8) is 0 Å². The van der Waals surface area contributed by atoms with Crippen molar-refractivity contribution in [2.24, 2.45) is 0 Å². The second-order valence-corrected chi connectivity index (χ2v) is 8.66. The molecule has 5 nitrogen and oxygen atoms in total. The van der Waals surface area contributed by atoms with Crippen LogP contribution in [0.25, 0.3) is 43.2 Å². The number of aromatic hydroxyl groups is 1. The number of phenols is 1. The molecule has 0 spiro atoms. The first kappa shape index (κ1) is 19.8. The molecular formula is C28H24NO4+. The Kier molecular flexibility index (Phi) is 4.57. The molecule has 4 aromatic carbocycles. The molecule has 0 unspecified atom stereocenters. The van der Waals surface area contributed by atoms with E-state index in [0.717, 1.165) is 35.6 Å². The van der Waals surface area contributed by atoms with Crippen molar-refractivity contribution in [3.8, 4) is 11.5 Å². The molecule has 33 heavy (non-hydrogen) atoms. The maximum Gasteiger partial charge on any atom is 0.302 e. The summed E-state index contributed by atoms with van der Waals surface area (Å²) in [5, 5.41) is 19.1. The molecule has 0 bridgehead atoms. The largest absolute Gasteiger partial charge is 0.504 e. The summed E-state index contributed by atoms with van der Waals surface area (Å²) >= 11 is 0. The van der Waals surface area contributed by atoms with Crippen LogP contribution in [0.1, 0.15) is 24.5 Å². The lowest BCUT2D eigenvalue weighted by atomic mass is 9.83. The van der Waals surface area contributed by atoms with Gasteiger partial charge < -0.3 is 14.6 Å². The van der Waals surface area contributed by atoms with Crippen molar-refractivity contribution in [3.05, 3.63) is 65.9 Å². The van der Waals surface area contributed by atoms with Gasteiger partial charge in [0.25, 0.3) is 0 Å². The first-order valence-corrected chi connectivity index (χ1v) is 11.3. The van der Waals surface area contributed by atoms with Crippen molar-refractivity contribution < 1.29 is 24.4 Å². The van der Waals surface area contributed by atoms with Gasteiger partial charge in [-0.05, 0) is 65.4 Å². The van der Waals surface area contributed by atoms with Crippen LogP contribution in [0.15, 0.2) is 54.7 Å². The maximum absolute atomic E-state index is 11.2. The summed E-state index contributed by atoms with van der Waals surface area (Å²) in [7, 11) is 0. The Morgan fingerprint density at radius 1 is 0.970 bits per heavy atom. The van der Waals surface area contributed by atoms with Crippen molar-refractivity contribution in [2.45, 2.75) is 26.2 Å². The Hall–Kier alpha value is -3.86. The number of pyridine rings is 1. The molecule has 0 radical (unpaired) electrons. The van der Waals surface area contributed by atoms with E-state index in [-0.39, 0.29) is 24.9 Å². The normalized spacial score (nSPS) is 13.1. The van der Waals surface area contributed by atoms with Gasteiger partial charge in [-0.25, -0.2) is 4.98 Å². The van der Waals surface area contributed by atoms with E-state index < -0.39 is 0 Å². The number of aromatic nitrogens is 1. The molecule has 0 atom stereocenters. The number of carbonyl (C=O) groups is 1. The Balaban J connectivity index is 1.58. The summed E-state index contributed by atoms with van der Waals surface area (Å²) in [5.74, 6) is 0.222. The highest BCUT2D eigenvalue weighted by Crippen LogP contribution is 2.44. The zero-order chi connectivity index (χ0) is 22.5. The van der Waals surface area contributed by atoms with Gasteiger partial charge in [-0.3, -0.25) is 4.79 Å². The Morgan fingerprint density at radius 2 is 1.85 bits per heavy atom. The number of hydrogen-bond acceptors (Lipinski definition) is 4. The number of benzene rings is 4. The minimum absolute atomic E-state index is 0.150. The van der Waals surface area contributed by atoms with Crippen LogP contribution in [0.2, 0.25) is 0 Å². The van der Waals surface area contributed by atoms with Gasteiger partial charge >= 0.3 is 5.97 Å². The van der Waals surface area contributed by atoms with Gasteiger partial charge in [-0.1, -0.05) is 24.3 Å². The van der Waals surface area contributed by atoms with E-state index in [0.29, 0.717) is 5.75 Å².